The second-order valence-corrected chi connectivity index (χ2v) is 7.14. The molecule has 0 bridgehead atoms. The first-order chi connectivity index (χ1) is 8.61. The SMILES string of the molecule is O=S(=O)(CCl)NC1CCC(c2ccccc2)CC1. The van der Waals surface area contributed by atoms with Crippen LogP contribution in [0.15, 0.2) is 30.3 Å². The number of hydrogen-bond acceptors (Lipinski definition) is 2. The van der Waals surface area contributed by atoms with Gasteiger partial charge in [0.1, 0.15) is 5.21 Å². The number of sulfonamides is 1. The quantitative estimate of drug-likeness (QED) is 0.866. The molecule has 0 atom stereocenters. The van der Waals surface area contributed by atoms with E-state index in [0.29, 0.717) is 5.92 Å². The first-order valence-corrected chi connectivity index (χ1v) is 8.40. The van der Waals surface area contributed by atoms with Gasteiger partial charge in [-0.3, -0.25) is 0 Å². The molecule has 1 aliphatic carbocycles. The second kappa shape index (κ2) is 6.04. The van der Waals surface area contributed by atoms with Crippen molar-refractivity contribution in [3.63, 3.8) is 0 Å². The van der Waals surface area contributed by atoms with Gasteiger partial charge < -0.3 is 0 Å². The Bertz CT molecular complexity index is 467. The summed E-state index contributed by atoms with van der Waals surface area (Å²) in [6.07, 6.45) is 3.82. The predicted molar refractivity (Wildman–Crippen MR) is 74.2 cm³/mol. The summed E-state index contributed by atoms with van der Waals surface area (Å²) in [6, 6.07) is 10.5. The molecule has 1 aromatic rings. The van der Waals surface area contributed by atoms with Crippen molar-refractivity contribution >= 4 is 21.6 Å². The average molecular weight is 288 g/mol. The molecule has 2 rings (SSSR count). The monoisotopic (exact) mass is 287 g/mol. The van der Waals surface area contributed by atoms with E-state index in [1.807, 2.05) is 6.07 Å². The maximum Gasteiger partial charge on any atom is 0.225 e. The van der Waals surface area contributed by atoms with E-state index >= 15 is 0 Å². The van der Waals surface area contributed by atoms with Gasteiger partial charge in [-0.05, 0) is 37.2 Å². The van der Waals surface area contributed by atoms with Crippen molar-refractivity contribution in [2.45, 2.75) is 37.6 Å². The average Bonchev–Trinajstić information content (AvgIpc) is 2.40. The molecule has 3 nitrogen and oxygen atoms in total. The third kappa shape index (κ3) is 3.70. The largest absolute Gasteiger partial charge is 0.225 e. The minimum atomic E-state index is -3.29. The molecule has 0 spiro atoms. The number of rotatable bonds is 4. The van der Waals surface area contributed by atoms with Crippen molar-refractivity contribution in [1.82, 2.24) is 4.72 Å². The van der Waals surface area contributed by atoms with E-state index in [2.05, 4.69) is 29.0 Å². The molecule has 0 unspecified atom stereocenters. The Kier molecular flexibility index (Phi) is 4.65. The van der Waals surface area contributed by atoms with Crippen molar-refractivity contribution in [2.75, 3.05) is 5.21 Å². The molecule has 1 N–H and O–H groups in total. The van der Waals surface area contributed by atoms with Crippen molar-refractivity contribution < 1.29 is 8.42 Å². The standard InChI is InChI=1S/C13H18ClNO2S/c14-10-18(16,17)15-13-8-6-12(7-9-13)11-4-2-1-3-5-11/h1-5,12-13,15H,6-10H2. The van der Waals surface area contributed by atoms with Crippen LogP contribution in [0.3, 0.4) is 0 Å². The van der Waals surface area contributed by atoms with E-state index in [-0.39, 0.29) is 11.3 Å². The van der Waals surface area contributed by atoms with Gasteiger partial charge in [0.25, 0.3) is 0 Å². The molecule has 0 aliphatic heterocycles. The predicted octanol–water partition coefficient (Wildman–Crippen LogP) is 2.83. The molecule has 0 aromatic heterocycles. The van der Waals surface area contributed by atoms with E-state index < -0.39 is 10.0 Å². The lowest BCUT2D eigenvalue weighted by Gasteiger charge is -2.29. The normalized spacial score (nSPS) is 24.9. The van der Waals surface area contributed by atoms with E-state index in [1.54, 1.807) is 0 Å². The maximum absolute atomic E-state index is 11.4. The smallest absolute Gasteiger partial charge is 0.211 e. The van der Waals surface area contributed by atoms with Crippen LogP contribution < -0.4 is 4.72 Å². The van der Waals surface area contributed by atoms with Crippen LogP contribution >= 0.6 is 11.6 Å². The molecule has 1 aromatic carbocycles. The van der Waals surface area contributed by atoms with Gasteiger partial charge in [-0.15, -0.1) is 11.6 Å². The lowest BCUT2D eigenvalue weighted by atomic mass is 9.82. The Morgan fingerprint density at radius 3 is 2.28 bits per heavy atom. The summed E-state index contributed by atoms with van der Waals surface area (Å²) in [5.41, 5.74) is 1.36. The van der Waals surface area contributed by atoms with Gasteiger partial charge in [0.05, 0.1) is 0 Å². The van der Waals surface area contributed by atoms with E-state index in [9.17, 15) is 8.42 Å². The van der Waals surface area contributed by atoms with Crippen LogP contribution in [-0.2, 0) is 10.0 Å². The molecule has 5 heteroatoms. The molecule has 0 heterocycles. The van der Waals surface area contributed by atoms with Crippen LogP contribution in [0.1, 0.15) is 37.2 Å². The third-order valence-corrected chi connectivity index (χ3v) is 5.33. The summed E-state index contributed by atoms with van der Waals surface area (Å²) >= 11 is 5.39. The van der Waals surface area contributed by atoms with Gasteiger partial charge in [0.15, 0.2) is 0 Å². The minimum absolute atomic E-state index is 0.0497. The van der Waals surface area contributed by atoms with Crippen LogP contribution in [0.2, 0.25) is 0 Å². The van der Waals surface area contributed by atoms with Crippen molar-refractivity contribution in [1.29, 1.82) is 0 Å². The first-order valence-electron chi connectivity index (χ1n) is 6.21. The zero-order chi connectivity index (χ0) is 13.0. The highest BCUT2D eigenvalue weighted by atomic mass is 35.5. The fourth-order valence-electron chi connectivity index (χ4n) is 2.56. The summed E-state index contributed by atoms with van der Waals surface area (Å²) in [6.45, 7) is 0. The number of hydrogen-bond donors (Lipinski definition) is 1. The van der Waals surface area contributed by atoms with E-state index in [1.165, 1.54) is 5.56 Å². The van der Waals surface area contributed by atoms with Gasteiger partial charge >= 0.3 is 0 Å². The van der Waals surface area contributed by atoms with Gasteiger partial charge in [0.2, 0.25) is 10.0 Å². The van der Waals surface area contributed by atoms with E-state index in [4.69, 9.17) is 11.6 Å². The lowest BCUT2D eigenvalue weighted by Crippen LogP contribution is -2.37. The topological polar surface area (TPSA) is 46.2 Å². The minimum Gasteiger partial charge on any atom is -0.211 e. The highest BCUT2D eigenvalue weighted by Crippen LogP contribution is 2.32. The van der Waals surface area contributed by atoms with Gasteiger partial charge in [0, 0.05) is 6.04 Å². The molecule has 1 saturated carbocycles. The summed E-state index contributed by atoms with van der Waals surface area (Å²) < 4.78 is 25.4. The molecular weight excluding hydrogens is 270 g/mol. The molecule has 1 aliphatic rings. The Morgan fingerprint density at radius 1 is 1.11 bits per heavy atom. The van der Waals surface area contributed by atoms with Gasteiger partial charge in [-0.2, -0.15) is 0 Å². The van der Waals surface area contributed by atoms with Crippen LogP contribution in [-0.4, -0.2) is 19.7 Å². The molecule has 100 valence electrons. The molecule has 18 heavy (non-hydrogen) atoms. The lowest BCUT2D eigenvalue weighted by molar-refractivity contribution is 0.374. The molecular formula is C13H18ClNO2S. The van der Waals surface area contributed by atoms with Gasteiger partial charge in [-0.1, -0.05) is 30.3 Å². The number of nitrogens with one attached hydrogen (secondary N) is 1. The fourth-order valence-corrected chi connectivity index (χ4v) is 3.55. The van der Waals surface area contributed by atoms with Crippen molar-refractivity contribution in [3.8, 4) is 0 Å². The highest BCUT2D eigenvalue weighted by Gasteiger charge is 2.24. The summed E-state index contributed by atoms with van der Waals surface area (Å²) in [5.74, 6) is 0.558. The van der Waals surface area contributed by atoms with Crippen LogP contribution in [0.4, 0.5) is 0 Å². The van der Waals surface area contributed by atoms with Gasteiger partial charge in [-0.25, -0.2) is 13.1 Å². The Hall–Kier alpha value is -0.580. The van der Waals surface area contributed by atoms with Crippen LogP contribution in [0.25, 0.3) is 0 Å². The number of alkyl halides is 1. The van der Waals surface area contributed by atoms with Crippen LogP contribution in [0, 0.1) is 0 Å². The zero-order valence-electron chi connectivity index (χ0n) is 10.2. The Morgan fingerprint density at radius 2 is 1.72 bits per heavy atom. The second-order valence-electron chi connectivity index (χ2n) is 4.80. The molecule has 0 amide bonds. The molecule has 0 saturated heterocycles. The maximum atomic E-state index is 11.4. The molecule has 0 radical (unpaired) electrons. The van der Waals surface area contributed by atoms with Crippen molar-refractivity contribution in [2.24, 2.45) is 0 Å². The summed E-state index contributed by atoms with van der Waals surface area (Å²) in [7, 11) is -3.29. The number of halogens is 1. The summed E-state index contributed by atoms with van der Waals surface area (Å²) in [4.78, 5) is 0. The first kappa shape index (κ1) is 13.8. The van der Waals surface area contributed by atoms with E-state index in [0.717, 1.165) is 25.7 Å². The fraction of sp³-hybridized carbons (Fsp3) is 0.538. The summed E-state index contributed by atoms with van der Waals surface area (Å²) in [5, 5.41) is -0.356. The molecule has 1 fully saturated rings. The number of benzene rings is 1. The highest BCUT2D eigenvalue weighted by molar-refractivity contribution is 7.90. The Balaban J connectivity index is 1.89. The Labute approximate surface area is 114 Å². The third-order valence-electron chi connectivity index (χ3n) is 3.49. The zero-order valence-corrected chi connectivity index (χ0v) is 11.8. The van der Waals surface area contributed by atoms with Crippen LogP contribution in [0.5, 0.6) is 0 Å². The van der Waals surface area contributed by atoms with Crippen molar-refractivity contribution in [3.05, 3.63) is 35.9 Å².